The number of anilines is 1. The number of aliphatic hydroxyl groups excluding tert-OH is 1. The summed E-state index contributed by atoms with van der Waals surface area (Å²) in [6.45, 7) is 3.41. The molecule has 28 heavy (non-hydrogen) atoms. The maximum Gasteiger partial charge on any atom is 0.167 e. The van der Waals surface area contributed by atoms with Gasteiger partial charge in [0.25, 0.3) is 0 Å². The summed E-state index contributed by atoms with van der Waals surface area (Å²) in [5.41, 5.74) is 10.9. The molecule has 146 valence electrons. The summed E-state index contributed by atoms with van der Waals surface area (Å²) in [5, 5.41) is 10.9. The van der Waals surface area contributed by atoms with Crippen LogP contribution in [-0.4, -0.2) is 24.1 Å². The lowest BCUT2D eigenvalue weighted by atomic mass is 9.67. The molecule has 2 aromatic carbocycles. The lowest BCUT2D eigenvalue weighted by Crippen LogP contribution is -2.36. The van der Waals surface area contributed by atoms with Crippen molar-refractivity contribution in [2.45, 2.75) is 39.0 Å². The number of hydrogen-bond donors (Lipinski definition) is 2. The molecule has 0 amide bonds. The van der Waals surface area contributed by atoms with E-state index in [-0.39, 0.29) is 17.0 Å². The van der Waals surface area contributed by atoms with Crippen molar-refractivity contribution >= 4 is 17.0 Å². The Balaban J connectivity index is 1.76. The molecule has 0 radical (unpaired) electrons. The Morgan fingerprint density at radius 3 is 2.36 bits per heavy atom. The van der Waals surface area contributed by atoms with Gasteiger partial charge in [0.2, 0.25) is 0 Å². The second-order valence-electron chi connectivity index (χ2n) is 8.06. The normalized spacial score (nSPS) is 19.2. The average molecular weight is 377 g/mol. The number of hydrogen-bond acceptors (Lipinski definition) is 4. The first kappa shape index (κ1) is 18.8. The van der Waals surface area contributed by atoms with E-state index in [1.165, 1.54) is 0 Å². The van der Waals surface area contributed by atoms with Crippen molar-refractivity contribution in [1.82, 2.24) is 0 Å². The number of aliphatic hydroxyl groups is 1. The van der Waals surface area contributed by atoms with Crippen LogP contribution in [0, 0.1) is 5.41 Å². The molecule has 2 aliphatic rings. The van der Waals surface area contributed by atoms with Crippen LogP contribution >= 0.6 is 0 Å². The largest absolute Gasteiger partial charge is 0.512 e. The minimum atomic E-state index is -0.135. The number of aryl methyl sites for hydroxylation is 1. The lowest BCUT2D eigenvalue weighted by Gasteiger charge is -2.40. The van der Waals surface area contributed by atoms with Gasteiger partial charge in [0.15, 0.2) is 5.78 Å². The Labute approximate surface area is 166 Å². The molecule has 4 rings (SSSR count). The molecule has 1 aliphatic carbocycles. The minimum Gasteiger partial charge on any atom is -0.512 e. The molecular formula is C24H27NO3. The highest BCUT2D eigenvalue weighted by Crippen LogP contribution is 2.47. The van der Waals surface area contributed by atoms with Gasteiger partial charge in [-0.3, -0.25) is 4.79 Å². The maximum absolute atomic E-state index is 13.2. The van der Waals surface area contributed by atoms with Crippen molar-refractivity contribution in [2.24, 2.45) is 5.41 Å². The zero-order chi connectivity index (χ0) is 19.7. The molecule has 0 aromatic heterocycles. The summed E-state index contributed by atoms with van der Waals surface area (Å²) in [4.78, 5) is 13.2. The molecule has 0 saturated carbocycles. The van der Waals surface area contributed by atoms with Gasteiger partial charge in [-0.15, -0.1) is 0 Å². The van der Waals surface area contributed by atoms with E-state index in [1.807, 2.05) is 30.3 Å². The number of carbonyl (C=O) groups is 1. The van der Waals surface area contributed by atoms with E-state index in [2.05, 4.69) is 19.1 Å². The molecule has 1 saturated heterocycles. The topological polar surface area (TPSA) is 72.6 Å². The molecule has 3 N–H and O–H groups in total. The minimum absolute atomic E-state index is 0.0507. The molecule has 0 atom stereocenters. The van der Waals surface area contributed by atoms with Gasteiger partial charge in [0.1, 0.15) is 5.76 Å². The zero-order valence-corrected chi connectivity index (χ0v) is 16.3. The number of benzene rings is 2. The van der Waals surface area contributed by atoms with Gasteiger partial charge in [0, 0.05) is 31.7 Å². The third kappa shape index (κ3) is 3.45. The van der Waals surface area contributed by atoms with E-state index in [9.17, 15) is 9.90 Å². The highest BCUT2D eigenvalue weighted by Gasteiger charge is 2.41. The van der Waals surface area contributed by atoms with Gasteiger partial charge in [-0.1, -0.05) is 31.2 Å². The third-order valence-electron chi connectivity index (χ3n) is 6.20. The van der Waals surface area contributed by atoms with Crippen molar-refractivity contribution in [3.8, 4) is 11.1 Å². The Morgan fingerprint density at radius 1 is 1.04 bits per heavy atom. The van der Waals surface area contributed by atoms with Crippen LogP contribution in [0.1, 0.15) is 43.7 Å². The monoisotopic (exact) mass is 377 g/mol. The summed E-state index contributed by atoms with van der Waals surface area (Å²) in [6.07, 6.45) is 3.53. The fraction of sp³-hybridized carbons (Fsp3) is 0.375. The van der Waals surface area contributed by atoms with Crippen LogP contribution in [0.5, 0.6) is 0 Å². The van der Waals surface area contributed by atoms with Crippen molar-refractivity contribution in [3.05, 3.63) is 59.4 Å². The first-order valence-electron chi connectivity index (χ1n) is 10.0. The van der Waals surface area contributed by atoms with E-state index in [1.54, 1.807) is 0 Å². The molecular weight excluding hydrogens is 350 g/mol. The second kappa shape index (κ2) is 7.44. The molecule has 4 heteroatoms. The standard InChI is InChI=1S/C24H27NO3/c1-2-16-3-4-18(17-5-7-19(25)8-6-17)13-20(16)23-21(26)14-24(15-22(23)27)9-11-28-12-10-24/h3-8,13,26H,2,9-12,14-15,25H2,1H3. The van der Waals surface area contributed by atoms with E-state index >= 15 is 0 Å². The van der Waals surface area contributed by atoms with Crippen LogP contribution in [0.3, 0.4) is 0 Å². The van der Waals surface area contributed by atoms with Gasteiger partial charge in [-0.25, -0.2) is 0 Å². The summed E-state index contributed by atoms with van der Waals surface area (Å²) >= 11 is 0. The van der Waals surface area contributed by atoms with Gasteiger partial charge in [-0.05, 0) is 65.1 Å². The van der Waals surface area contributed by atoms with Crippen molar-refractivity contribution < 1.29 is 14.6 Å². The Hall–Kier alpha value is -2.59. The fourth-order valence-electron chi connectivity index (χ4n) is 4.53. The average Bonchev–Trinajstić information content (AvgIpc) is 2.68. The van der Waals surface area contributed by atoms with E-state index in [4.69, 9.17) is 10.5 Å². The SMILES string of the molecule is CCc1ccc(-c2ccc(N)cc2)cc1C1=C(O)CC2(CCOCC2)CC1=O. The van der Waals surface area contributed by atoms with Crippen LogP contribution in [0.25, 0.3) is 16.7 Å². The Morgan fingerprint density at radius 2 is 1.71 bits per heavy atom. The van der Waals surface area contributed by atoms with E-state index < -0.39 is 0 Å². The number of nitrogens with two attached hydrogens (primary N) is 1. The summed E-state index contributed by atoms with van der Waals surface area (Å²) in [6, 6.07) is 13.9. The van der Waals surface area contributed by atoms with Crippen molar-refractivity contribution in [3.63, 3.8) is 0 Å². The zero-order valence-electron chi connectivity index (χ0n) is 16.3. The number of Topliss-reactive ketones (excluding diaryl/α,β-unsaturated/α-hetero) is 1. The van der Waals surface area contributed by atoms with Crippen molar-refractivity contribution in [1.29, 1.82) is 0 Å². The quantitative estimate of drug-likeness (QED) is 0.744. The predicted octanol–water partition coefficient (Wildman–Crippen LogP) is 4.93. The van der Waals surface area contributed by atoms with E-state index in [0.717, 1.165) is 47.2 Å². The summed E-state index contributed by atoms with van der Waals surface area (Å²) < 4.78 is 5.47. The first-order valence-corrected chi connectivity index (χ1v) is 10.0. The molecule has 1 fully saturated rings. The number of carbonyl (C=O) groups excluding carboxylic acids is 1. The van der Waals surface area contributed by atoms with Crippen LogP contribution < -0.4 is 5.73 Å². The van der Waals surface area contributed by atoms with Gasteiger partial charge in [0.05, 0.1) is 5.57 Å². The second-order valence-corrected chi connectivity index (χ2v) is 8.06. The number of allylic oxidation sites excluding steroid dienone is 2. The van der Waals surface area contributed by atoms with Crippen LogP contribution in [0.2, 0.25) is 0 Å². The van der Waals surface area contributed by atoms with Crippen LogP contribution in [0.4, 0.5) is 5.69 Å². The highest BCUT2D eigenvalue weighted by atomic mass is 16.5. The highest BCUT2D eigenvalue weighted by molar-refractivity contribution is 6.22. The number of rotatable bonds is 3. The first-order chi connectivity index (χ1) is 13.5. The Kier molecular flexibility index (Phi) is 4.98. The molecule has 2 aromatic rings. The Bertz CT molecular complexity index is 921. The van der Waals surface area contributed by atoms with Crippen LogP contribution in [-0.2, 0) is 16.0 Å². The molecule has 0 bridgehead atoms. The van der Waals surface area contributed by atoms with Crippen molar-refractivity contribution in [2.75, 3.05) is 18.9 Å². The molecule has 0 unspecified atom stereocenters. The van der Waals surface area contributed by atoms with Crippen LogP contribution in [0.15, 0.2) is 48.2 Å². The lowest BCUT2D eigenvalue weighted by molar-refractivity contribution is -0.118. The molecule has 1 spiro atoms. The number of ether oxygens (including phenoxy) is 1. The number of ketones is 1. The maximum atomic E-state index is 13.2. The summed E-state index contributed by atoms with van der Waals surface area (Å²) in [7, 11) is 0. The molecule has 1 heterocycles. The van der Waals surface area contributed by atoms with Gasteiger partial charge >= 0.3 is 0 Å². The predicted molar refractivity (Wildman–Crippen MR) is 112 cm³/mol. The molecule has 4 nitrogen and oxygen atoms in total. The fourth-order valence-corrected chi connectivity index (χ4v) is 4.53. The van der Waals surface area contributed by atoms with Gasteiger partial charge in [-0.2, -0.15) is 0 Å². The van der Waals surface area contributed by atoms with E-state index in [0.29, 0.717) is 31.6 Å². The third-order valence-corrected chi connectivity index (χ3v) is 6.20. The summed E-state index contributed by atoms with van der Waals surface area (Å²) in [5.74, 6) is 0.289. The van der Waals surface area contributed by atoms with Gasteiger partial charge < -0.3 is 15.6 Å². The number of nitrogen functional groups attached to an aromatic ring is 1. The molecule has 1 aliphatic heterocycles. The smallest absolute Gasteiger partial charge is 0.167 e.